The van der Waals surface area contributed by atoms with Gasteiger partial charge < -0.3 is 0 Å². The molecule has 4 aromatic rings. The van der Waals surface area contributed by atoms with Crippen molar-refractivity contribution in [2.75, 3.05) is 0 Å². The van der Waals surface area contributed by atoms with Crippen LogP contribution in [0, 0.1) is 0 Å². The topological polar surface area (TPSA) is 0 Å². The predicted molar refractivity (Wildman–Crippen MR) is 110 cm³/mol. The molecule has 0 bridgehead atoms. The van der Waals surface area contributed by atoms with E-state index in [4.69, 9.17) is 0 Å². The van der Waals surface area contributed by atoms with Crippen molar-refractivity contribution in [3.05, 3.63) is 84.9 Å². The Balaban J connectivity index is 0.000000341. The molecule has 0 aromatic heterocycles. The zero-order valence-corrected chi connectivity index (χ0v) is 19.1. The second-order valence-corrected chi connectivity index (χ2v) is 8.90. The van der Waals surface area contributed by atoms with E-state index in [1.807, 2.05) is 0 Å². The Hall–Kier alpha value is -1.02. The fourth-order valence-corrected chi connectivity index (χ4v) is 2.14. The summed E-state index contributed by atoms with van der Waals surface area (Å²) in [4.78, 5) is 0. The third kappa shape index (κ3) is 7.70. The van der Waals surface area contributed by atoms with Crippen LogP contribution in [0.2, 0.25) is 0 Å². The van der Waals surface area contributed by atoms with Crippen LogP contribution in [0.25, 0.3) is 21.5 Å². The second-order valence-electron chi connectivity index (χ2n) is 5.31. The Labute approximate surface area is 171 Å². The van der Waals surface area contributed by atoms with Crippen LogP contribution in [-0.4, -0.2) is 3.26 Å². The van der Waals surface area contributed by atoms with Gasteiger partial charge in [0.2, 0.25) is 0 Å². The van der Waals surface area contributed by atoms with Crippen LogP contribution in [-0.2, 0) is 23.9 Å². The average Bonchev–Trinajstić information content (AvgIpc) is 3.16. The van der Waals surface area contributed by atoms with Crippen LogP contribution in [0.3, 0.4) is 0 Å². The molecular formula is C21H22Cl2Hf. The summed E-state index contributed by atoms with van der Waals surface area (Å²) < 4.78 is 1.56. The van der Waals surface area contributed by atoms with Crippen LogP contribution >= 0.6 is 24.8 Å². The number of fused-ring (bicyclic) bond motifs is 2. The largest absolute Gasteiger partial charge is 0.168 e. The minimum Gasteiger partial charge on any atom is -0.168 e. The molecule has 0 atom stereocenters. The molecule has 0 saturated carbocycles. The molecule has 0 aliphatic heterocycles. The Morgan fingerprint density at radius 2 is 1.00 bits per heavy atom. The van der Waals surface area contributed by atoms with Crippen LogP contribution in [0.15, 0.2) is 84.9 Å². The molecule has 4 rings (SSSR count). The first-order valence-electron chi connectivity index (χ1n) is 7.39. The molecule has 0 N–H and O–H groups in total. The molecule has 0 fully saturated rings. The Morgan fingerprint density at radius 1 is 0.667 bits per heavy atom. The molecule has 0 unspecified atom stereocenters. The molecule has 0 aliphatic rings. The van der Waals surface area contributed by atoms with E-state index in [1.54, 1.807) is 3.26 Å². The summed E-state index contributed by atoms with van der Waals surface area (Å²) in [5, 5.41) is 5.32. The van der Waals surface area contributed by atoms with E-state index in [0.717, 1.165) is 0 Å². The van der Waals surface area contributed by atoms with Crippen molar-refractivity contribution >= 4 is 49.6 Å². The molecule has 0 spiro atoms. The summed E-state index contributed by atoms with van der Waals surface area (Å²) in [6.45, 7) is 4.29. The van der Waals surface area contributed by atoms with Crippen molar-refractivity contribution in [1.82, 2.24) is 0 Å². The van der Waals surface area contributed by atoms with Gasteiger partial charge in [0.15, 0.2) is 0 Å². The first-order chi connectivity index (χ1) is 10.7. The maximum Gasteiger partial charge on any atom is -0.0809 e. The molecule has 124 valence electrons. The van der Waals surface area contributed by atoms with Crippen molar-refractivity contribution in [2.45, 2.75) is 13.8 Å². The van der Waals surface area contributed by atoms with Gasteiger partial charge in [0, 0.05) is 0 Å². The summed E-state index contributed by atoms with van der Waals surface area (Å²) in [7, 11) is 0. The number of rotatable bonds is 0. The quantitative estimate of drug-likeness (QED) is 0.178. The number of halogens is 2. The van der Waals surface area contributed by atoms with Crippen LogP contribution in [0.1, 0.15) is 13.8 Å². The first-order valence-corrected chi connectivity index (χ1v) is 9.19. The van der Waals surface area contributed by atoms with Gasteiger partial charge in [-0.1, -0.05) is 12.1 Å². The maximum absolute atomic E-state index is 2.15. The fourth-order valence-electron chi connectivity index (χ4n) is 2.14. The van der Waals surface area contributed by atoms with Gasteiger partial charge in [0.1, 0.15) is 0 Å². The van der Waals surface area contributed by atoms with Gasteiger partial charge in [0.25, 0.3) is 0 Å². The van der Waals surface area contributed by atoms with Crippen molar-refractivity contribution in [3.8, 4) is 0 Å². The third-order valence-electron chi connectivity index (χ3n) is 3.10. The first kappa shape index (κ1) is 23.0. The smallest absolute Gasteiger partial charge is 0.0809 e. The molecule has 0 nitrogen and oxygen atoms in total. The molecule has 0 heterocycles. The SMILES string of the molecule is C[C](C)=[Hf+2].Cl.Cl.c1ccc2[cH-]ccc2c1.c1ccc2[cH-]ccc2c1. The van der Waals surface area contributed by atoms with E-state index in [9.17, 15) is 0 Å². The van der Waals surface area contributed by atoms with Gasteiger partial charge in [-0.15, -0.1) is 84.1 Å². The number of hydrogen-bond donors (Lipinski definition) is 0. The Kier molecular flexibility index (Phi) is 11.8. The summed E-state index contributed by atoms with van der Waals surface area (Å²) in [5.74, 6) is 0. The monoisotopic (exact) mass is 524 g/mol. The molecule has 0 radical (unpaired) electrons. The van der Waals surface area contributed by atoms with Gasteiger partial charge in [-0.3, -0.25) is 0 Å². The van der Waals surface area contributed by atoms with Gasteiger partial charge in [-0.25, -0.2) is 0 Å². The molecule has 0 aliphatic carbocycles. The predicted octanol–water partition coefficient (Wildman–Crippen LogP) is 6.71. The number of hydrogen-bond acceptors (Lipinski definition) is 0. The van der Waals surface area contributed by atoms with Crippen LogP contribution in [0.5, 0.6) is 0 Å². The van der Waals surface area contributed by atoms with Crippen molar-refractivity contribution in [1.29, 1.82) is 0 Å². The fraction of sp³-hybridized carbons (Fsp3) is 0.0952. The standard InChI is InChI=1S/2C9H7.C3H6.2ClH.Hf/c2*1-2-5-9-7-3-6-8(9)4-1;1-3-2;;;/h2*1-7H;1-2H3;2*1H;/q2*-1;;;;+2. The van der Waals surface area contributed by atoms with E-state index < -0.39 is 0 Å². The zero-order valence-electron chi connectivity index (χ0n) is 13.9. The summed E-state index contributed by atoms with van der Waals surface area (Å²) >= 11 is 1.27. The van der Waals surface area contributed by atoms with Gasteiger partial charge in [-0.05, 0) is 0 Å². The average molecular weight is 524 g/mol. The maximum atomic E-state index is 2.15. The minimum atomic E-state index is 0. The molecular weight excluding hydrogens is 502 g/mol. The molecule has 0 saturated heterocycles. The van der Waals surface area contributed by atoms with Gasteiger partial charge >= 0.3 is 41.0 Å². The van der Waals surface area contributed by atoms with Crippen molar-refractivity contribution in [3.63, 3.8) is 0 Å². The molecule has 3 heteroatoms. The Bertz CT molecular complexity index is 712. The third-order valence-corrected chi connectivity index (χ3v) is 3.10. The van der Waals surface area contributed by atoms with E-state index >= 15 is 0 Å². The van der Waals surface area contributed by atoms with Crippen molar-refractivity contribution < 1.29 is 23.9 Å². The van der Waals surface area contributed by atoms with E-state index in [1.165, 1.54) is 45.4 Å². The summed E-state index contributed by atoms with van der Waals surface area (Å²) in [6.07, 6.45) is 0. The molecule has 4 aromatic carbocycles. The van der Waals surface area contributed by atoms with Gasteiger partial charge in [-0.2, -0.15) is 35.0 Å². The van der Waals surface area contributed by atoms with Gasteiger partial charge in [0.05, 0.1) is 0 Å². The molecule has 0 amide bonds. The van der Waals surface area contributed by atoms with Crippen molar-refractivity contribution in [2.24, 2.45) is 0 Å². The van der Waals surface area contributed by atoms with Crippen LogP contribution < -0.4 is 0 Å². The summed E-state index contributed by atoms with van der Waals surface area (Å²) in [5.41, 5.74) is 0. The van der Waals surface area contributed by atoms with E-state index in [0.29, 0.717) is 0 Å². The Morgan fingerprint density at radius 3 is 1.33 bits per heavy atom. The van der Waals surface area contributed by atoms with E-state index in [2.05, 4.69) is 98.8 Å². The zero-order chi connectivity index (χ0) is 15.8. The van der Waals surface area contributed by atoms with Crippen LogP contribution in [0.4, 0.5) is 0 Å². The minimum absolute atomic E-state index is 0. The molecule has 24 heavy (non-hydrogen) atoms. The normalized spacial score (nSPS) is 8.83. The number of benzene rings is 2. The van der Waals surface area contributed by atoms with E-state index in [-0.39, 0.29) is 24.8 Å². The summed E-state index contributed by atoms with van der Waals surface area (Å²) in [6, 6.07) is 29.3. The second kappa shape index (κ2) is 12.4.